The van der Waals surface area contributed by atoms with Gasteiger partial charge in [-0.2, -0.15) is 0 Å². The first-order chi connectivity index (χ1) is 18.3. The lowest BCUT2D eigenvalue weighted by Gasteiger charge is -2.25. The number of unbranched alkanes of at least 4 members (excludes halogenated alkanes) is 3. The molecule has 0 spiro atoms. The van der Waals surface area contributed by atoms with Gasteiger partial charge in [0.2, 0.25) is 0 Å². The summed E-state index contributed by atoms with van der Waals surface area (Å²) in [6, 6.07) is 12.9. The first-order valence-corrected chi connectivity index (χ1v) is 14.6. The summed E-state index contributed by atoms with van der Waals surface area (Å²) < 4.78 is 20.0. The summed E-state index contributed by atoms with van der Waals surface area (Å²) in [5, 5.41) is 0. The molecule has 0 N–H and O–H groups in total. The number of rotatable bonds is 14. The maximum Gasteiger partial charge on any atom is 0.419 e. The van der Waals surface area contributed by atoms with Crippen LogP contribution >= 0.6 is 24.8 Å². The molecule has 226 valence electrons. The van der Waals surface area contributed by atoms with Gasteiger partial charge in [0.05, 0.1) is 5.52 Å². The van der Waals surface area contributed by atoms with E-state index in [-0.39, 0.29) is 36.4 Å². The predicted molar refractivity (Wildman–Crippen MR) is 176 cm³/mol. The van der Waals surface area contributed by atoms with Gasteiger partial charge in [-0.05, 0) is 86.1 Å². The molecule has 0 aliphatic carbocycles. The summed E-state index contributed by atoms with van der Waals surface area (Å²) in [6.07, 6.45) is 11.3. The summed E-state index contributed by atoms with van der Waals surface area (Å²) in [5.74, 6) is 0.359. The van der Waals surface area contributed by atoms with Crippen LogP contribution in [-0.2, 0) is 6.54 Å². The van der Waals surface area contributed by atoms with Gasteiger partial charge in [0.25, 0.3) is 0 Å². The average molecular weight is 598 g/mol. The summed E-state index contributed by atoms with van der Waals surface area (Å²) >= 11 is 0. The molecule has 0 fully saturated rings. The Bertz CT molecular complexity index is 1170. The molecular weight excluding hydrogens is 546 g/mol. The molecule has 0 radical (unpaired) electrons. The monoisotopic (exact) mass is 596 g/mol. The van der Waals surface area contributed by atoms with E-state index in [0.717, 1.165) is 68.0 Å². The van der Waals surface area contributed by atoms with Crippen molar-refractivity contribution in [2.75, 3.05) is 18.0 Å². The summed E-state index contributed by atoms with van der Waals surface area (Å²) in [4.78, 5) is 14.3. The number of aromatic nitrogens is 1. The van der Waals surface area contributed by atoms with Gasteiger partial charge < -0.3 is 9.32 Å². The van der Waals surface area contributed by atoms with Crippen LogP contribution in [0, 0.1) is 11.7 Å². The number of halogens is 3. The standard InChI is InChI=1S/C18H25NO2.C15H24FN.2ClH/c1-4-6-7-8-12-19-16-11-10-15(14(3)9-5-2)13-17(16)21-18(19)20;1-4-11-17(12-10-13(3)5-2)15-8-6-14(16)7-9-15;;/h9-11,13H,4-8,12H2,1-3H3;6-9,13H,4-5,10-12H2,1-3H3;2*1H/b14-9+;;;. The first-order valence-electron chi connectivity index (χ1n) is 14.6. The molecule has 7 heteroatoms. The highest BCUT2D eigenvalue weighted by Crippen LogP contribution is 2.21. The van der Waals surface area contributed by atoms with Gasteiger partial charge in [-0.3, -0.25) is 4.57 Å². The average Bonchev–Trinajstić information content (AvgIpc) is 3.23. The highest BCUT2D eigenvalue weighted by molar-refractivity contribution is 5.85. The number of anilines is 1. The van der Waals surface area contributed by atoms with Gasteiger partial charge in [0.15, 0.2) is 5.58 Å². The van der Waals surface area contributed by atoms with E-state index >= 15 is 0 Å². The maximum absolute atomic E-state index is 12.9. The Kier molecular flexibility index (Phi) is 19.5. The number of fused-ring (bicyclic) bond motifs is 1. The number of allylic oxidation sites excluding steroid dienone is 2. The molecule has 40 heavy (non-hydrogen) atoms. The number of hydrogen-bond donors (Lipinski definition) is 0. The topological polar surface area (TPSA) is 38.4 Å². The van der Waals surface area contributed by atoms with Crippen LogP contribution in [-0.4, -0.2) is 17.7 Å². The minimum absolute atomic E-state index is 0. The van der Waals surface area contributed by atoms with E-state index in [4.69, 9.17) is 4.42 Å². The van der Waals surface area contributed by atoms with E-state index in [2.05, 4.69) is 58.6 Å². The molecule has 3 aromatic rings. The normalized spacial score (nSPS) is 11.7. The van der Waals surface area contributed by atoms with Crippen molar-refractivity contribution < 1.29 is 8.81 Å². The molecule has 0 bridgehead atoms. The fourth-order valence-corrected chi connectivity index (χ4v) is 4.52. The first kappa shape index (κ1) is 37.8. The van der Waals surface area contributed by atoms with Crippen molar-refractivity contribution in [3.8, 4) is 0 Å². The Labute approximate surface area is 253 Å². The van der Waals surface area contributed by atoms with Gasteiger partial charge in [-0.15, -0.1) is 24.8 Å². The van der Waals surface area contributed by atoms with E-state index in [1.54, 1.807) is 16.7 Å². The largest absolute Gasteiger partial charge is 0.419 e. The lowest BCUT2D eigenvalue weighted by Crippen LogP contribution is -2.26. The molecule has 1 atom stereocenters. The van der Waals surface area contributed by atoms with Crippen LogP contribution in [0.3, 0.4) is 0 Å². The molecule has 0 amide bonds. The predicted octanol–water partition coefficient (Wildman–Crippen LogP) is 10.3. The van der Waals surface area contributed by atoms with Crippen LogP contribution in [0.2, 0.25) is 0 Å². The molecule has 1 aromatic heterocycles. The molecular formula is C33H51Cl2FN2O2. The number of aryl methyl sites for hydroxylation is 1. The zero-order chi connectivity index (χ0) is 27.9. The summed E-state index contributed by atoms with van der Waals surface area (Å²) in [5.41, 5.74) is 5.08. The second kappa shape index (κ2) is 20.6. The third-order valence-corrected chi connectivity index (χ3v) is 7.14. The Morgan fingerprint density at radius 3 is 2.27 bits per heavy atom. The van der Waals surface area contributed by atoms with Crippen LogP contribution in [0.4, 0.5) is 10.1 Å². The van der Waals surface area contributed by atoms with Crippen LogP contribution in [0.15, 0.2) is 57.8 Å². The van der Waals surface area contributed by atoms with Crippen molar-refractivity contribution in [1.29, 1.82) is 0 Å². The van der Waals surface area contributed by atoms with E-state index in [1.165, 1.54) is 31.3 Å². The van der Waals surface area contributed by atoms with Gasteiger partial charge in [-0.25, -0.2) is 9.18 Å². The van der Waals surface area contributed by atoms with Crippen LogP contribution in [0.5, 0.6) is 0 Å². The third kappa shape index (κ3) is 12.1. The fourth-order valence-electron chi connectivity index (χ4n) is 4.52. The van der Waals surface area contributed by atoms with Crippen LogP contribution < -0.4 is 10.7 Å². The van der Waals surface area contributed by atoms with Gasteiger partial charge in [0.1, 0.15) is 5.82 Å². The molecule has 1 unspecified atom stereocenters. The quantitative estimate of drug-likeness (QED) is 0.174. The molecule has 2 aromatic carbocycles. The lowest BCUT2D eigenvalue weighted by molar-refractivity contribution is 0.488. The molecule has 1 heterocycles. The Balaban J connectivity index is 0.000000740. The number of benzene rings is 2. The van der Waals surface area contributed by atoms with Crippen molar-refractivity contribution in [2.45, 2.75) is 99.5 Å². The van der Waals surface area contributed by atoms with Gasteiger partial charge >= 0.3 is 5.76 Å². The van der Waals surface area contributed by atoms with Gasteiger partial charge in [-0.1, -0.05) is 72.4 Å². The summed E-state index contributed by atoms with van der Waals surface area (Å²) in [7, 11) is 0. The van der Waals surface area contributed by atoms with Crippen LogP contribution in [0.25, 0.3) is 16.7 Å². The van der Waals surface area contributed by atoms with E-state index in [0.29, 0.717) is 5.58 Å². The van der Waals surface area contributed by atoms with Crippen molar-refractivity contribution in [2.24, 2.45) is 5.92 Å². The molecule has 4 nitrogen and oxygen atoms in total. The zero-order valence-electron chi connectivity index (χ0n) is 25.4. The smallest absolute Gasteiger partial charge is 0.408 e. The van der Waals surface area contributed by atoms with E-state index in [9.17, 15) is 9.18 Å². The van der Waals surface area contributed by atoms with E-state index in [1.807, 2.05) is 24.3 Å². The van der Waals surface area contributed by atoms with Crippen molar-refractivity contribution in [3.63, 3.8) is 0 Å². The fraction of sp³-hybridized carbons (Fsp3) is 0.545. The SMILES string of the molecule is CC/C=C(\C)c1ccc2c(c1)oc(=O)n2CCCCCC.CCCN(CCC(C)CC)c1ccc(F)cc1.Cl.Cl. The molecule has 0 saturated heterocycles. The Morgan fingerprint density at radius 2 is 1.68 bits per heavy atom. The Morgan fingerprint density at radius 1 is 0.975 bits per heavy atom. The molecule has 0 saturated carbocycles. The minimum Gasteiger partial charge on any atom is -0.408 e. The highest BCUT2D eigenvalue weighted by Gasteiger charge is 2.10. The third-order valence-electron chi connectivity index (χ3n) is 7.14. The number of hydrogen-bond acceptors (Lipinski definition) is 3. The van der Waals surface area contributed by atoms with E-state index < -0.39 is 0 Å². The lowest BCUT2D eigenvalue weighted by atomic mass is 10.0. The molecule has 0 aliphatic heterocycles. The van der Waals surface area contributed by atoms with Crippen molar-refractivity contribution >= 4 is 47.2 Å². The summed E-state index contributed by atoms with van der Waals surface area (Å²) in [6.45, 7) is 15.9. The molecule has 0 aliphatic rings. The zero-order valence-corrected chi connectivity index (χ0v) is 27.0. The highest BCUT2D eigenvalue weighted by atomic mass is 35.5. The van der Waals surface area contributed by atoms with Gasteiger partial charge in [0, 0.05) is 25.3 Å². The minimum atomic E-state index is -0.240. The Hall–Kier alpha value is -2.24. The molecule has 3 rings (SSSR count). The van der Waals surface area contributed by atoms with Crippen molar-refractivity contribution in [3.05, 3.63) is 70.5 Å². The number of oxazole rings is 1. The number of nitrogens with zero attached hydrogens (tertiary/aromatic N) is 2. The second-order valence-electron chi connectivity index (χ2n) is 10.3. The van der Waals surface area contributed by atoms with Crippen LogP contribution in [0.1, 0.15) is 98.5 Å². The van der Waals surface area contributed by atoms with Crippen molar-refractivity contribution in [1.82, 2.24) is 4.57 Å². The second-order valence-corrected chi connectivity index (χ2v) is 10.3. The maximum atomic E-state index is 12.9.